The molecule has 0 bridgehead atoms. The van der Waals surface area contributed by atoms with Crippen LogP contribution >= 0.6 is 15.9 Å². The molecule has 1 nitrogen and oxygen atoms in total. The van der Waals surface area contributed by atoms with E-state index in [9.17, 15) is 8.78 Å². The summed E-state index contributed by atoms with van der Waals surface area (Å²) in [5.41, 5.74) is 7.39. The van der Waals surface area contributed by atoms with E-state index in [4.69, 9.17) is 5.73 Å². The molecule has 4 heteroatoms. The average Bonchev–Trinajstić information content (AvgIpc) is 2.38. The largest absolute Gasteiger partial charge is 0.327 e. The van der Waals surface area contributed by atoms with Gasteiger partial charge in [0, 0.05) is 10.5 Å². The number of hydrogen-bond acceptors (Lipinski definition) is 1. The van der Waals surface area contributed by atoms with Gasteiger partial charge in [0.2, 0.25) is 0 Å². The molecule has 0 radical (unpaired) electrons. The fourth-order valence-corrected chi connectivity index (χ4v) is 2.25. The summed E-state index contributed by atoms with van der Waals surface area (Å²) in [6.07, 6.45) is 0.947. The lowest BCUT2D eigenvalue weighted by Crippen LogP contribution is -2.26. The molecule has 2 aromatic carbocycles. The number of rotatable bonds is 4. The lowest BCUT2D eigenvalue weighted by Gasteiger charge is -2.12. The molecule has 2 N–H and O–H groups in total. The summed E-state index contributed by atoms with van der Waals surface area (Å²) in [7, 11) is 0. The van der Waals surface area contributed by atoms with Crippen LogP contribution < -0.4 is 5.73 Å². The van der Waals surface area contributed by atoms with Crippen molar-refractivity contribution in [2.45, 2.75) is 18.9 Å². The summed E-state index contributed by atoms with van der Waals surface area (Å²) in [5, 5.41) is 0. The predicted molar refractivity (Wildman–Crippen MR) is 75.9 cm³/mol. The number of hydrogen-bond donors (Lipinski definition) is 1. The maximum atomic E-state index is 13.5. The Kier molecular flexibility index (Phi) is 4.66. The van der Waals surface area contributed by atoms with Gasteiger partial charge in [-0.25, -0.2) is 8.78 Å². The topological polar surface area (TPSA) is 26.0 Å². The molecule has 0 aliphatic rings. The van der Waals surface area contributed by atoms with Crippen molar-refractivity contribution in [1.82, 2.24) is 0 Å². The molecule has 0 aromatic heterocycles. The van der Waals surface area contributed by atoms with Gasteiger partial charge in [0.15, 0.2) is 11.6 Å². The molecule has 100 valence electrons. The molecule has 0 saturated heterocycles. The SMILES string of the molecule is NC(Cc1ccc(Br)cc1)Cc1cccc(F)c1F. The molecule has 2 rings (SSSR count). The van der Waals surface area contributed by atoms with E-state index in [1.54, 1.807) is 6.07 Å². The van der Waals surface area contributed by atoms with E-state index in [2.05, 4.69) is 15.9 Å². The Morgan fingerprint density at radius 3 is 2.37 bits per heavy atom. The minimum Gasteiger partial charge on any atom is -0.327 e. The summed E-state index contributed by atoms with van der Waals surface area (Å²) in [5.74, 6) is -1.62. The van der Waals surface area contributed by atoms with Crippen LogP contribution in [0.25, 0.3) is 0 Å². The van der Waals surface area contributed by atoms with Crippen LogP contribution in [0.4, 0.5) is 8.78 Å². The van der Waals surface area contributed by atoms with E-state index in [-0.39, 0.29) is 6.04 Å². The molecule has 0 amide bonds. The first kappa shape index (κ1) is 14.2. The number of halogens is 3. The van der Waals surface area contributed by atoms with Crippen LogP contribution in [0.1, 0.15) is 11.1 Å². The average molecular weight is 326 g/mol. The quantitative estimate of drug-likeness (QED) is 0.908. The zero-order valence-electron chi connectivity index (χ0n) is 10.2. The zero-order chi connectivity index (χ0) is 13.8. The fraction of sp³-hybridized carbons (Fsp3) is 0.200. The summed E-state index contributed by atoms with van der Waals surface area (Å²) in [4.78, 5) is 0. The lowest BCUT2D eigenvalue weighted by molar-refractivity contribution is 0.492. The maximum Gasteiger partial charge on any atom is 0.162 e. The van der Waals surface area contributed by atoms with Crippen LogP contribution in [-0.2, 0) is 12.8 Å². The first-order chi connectivity index (χ1) is 9.06. The van der Waals surface area contributed by atoms with E-state index in [1.165, 1.54) is 6.07 Å². The minimum absolute atomic E-state index is 0.238. The third-order valence-electron chi connectivity index (χ3n) is 2.92. The zero-order valence-corrected chi connectivity index (χ0v) is 11.8. The molecule has 2 aromatic rings. The highest BCUT2D eigenvalue weighted by Gasteiger charge is 2.12. The van der Waals surface area contributed by atoms with E-state index in [0.29, 0.717) is 18.4 Å². The van der Waals surface area contributed by atoms with E-state index < -0.39 is 11.6 Å². The van der Waals surface area contributed by atoms with Crippen molar-refractivity contribution in [2.75, 3.05) is 0 Å². The summed E-state index contributed by atoms with van der Waals surface area (Å²) in [6.45, 7) is 0. The normalized spacial score (nSPS) is 12.4. The van der Waals surface area contributed by atoms with Gasteiger partial charge in [-0.05, 0) is 42.2 Å². The first-order valence-corrected chi connectivity index (χ1v) is 6.78. The third kappa shape index (κ3) is 3.85. The number of nitrogens with two attached hydrogens (primary N) is 1. The molecule has 0 saturated carbocycles. The van der Waals surface area contributed by atoms with Crippen LogP contribution in [0, 0.1) is 11.6 Å². The van der Waals surface area contributed by atoms with Crippen molar-refractivity contribution >= 4 is 15.9 Å². The monoisotopic (exact) mass is 325 g/mol. The van der Waals surface area contributed by atoms with Crippen molar-refractivity contribution in [2.24, 2.45) is 5.73 Å². The summed E-state index contributed by atoms with van der Waals surface area (Å²) < 4.78 is 27.6. The molecule has 19 heavy (non-hydrogen) atoms. The molecule has 1 atom stereocenters. The molecule has 0 aliphatic carbocycles. The predicted octanol–water partition coefficient (Wildman–Crippen LogP) is 3.84. The van der Waals surface area contributed by atoms with Crippen molar-refractivity contribution in [1.29, 1.82) is 0 Å². The van der Waals surface area contributed by atoms with Crippen LogP contribution in [-0.4, -0.2) is 6.04 Å². The van der Waals surface area contributed by atoms with Crippen molar-refractivity contribution in [3.63, 3.8) is 0 Å². The highest BCUT2D eigenvalue weighted by Crippen LogP contribution is 2.16. The Labute approximate surface area is 119 Å². The van der Waals surface area contributed by atoms with Crippen LogP contribution in [0.2, 0.25) is 0 Å². The summed E-state index contributed by atoms with van der Waals surface area (Å²) >= 11 is 3.36. The van der Waals surface area contributed by atoms with Crippen LogP contribution in [0.5, 0.6) is 0 Å². The van der Waals surface area contributed by atoms with Crippen molar-refractivity contribution in [3.8, 4) is 0 Å². The van der Waals surface area contributed by atoms with Gasteiger partial charge in [-0.2, -0.15) is 0 Å². The van der Waals surface area contributed by atoms with E-state index in [0.717, 1.165) is 16.1 Å². The highest BCUT2D eigenvalue weighted by molar-refractivity contribution is 9.10. The second-order valence-electron chi connectivity index (χ2n) is 4.51. The Morgan fingerprint density at radius 2 is 1.68 bits per heavy atom. The molecule has 0 spiro atoms. The molecular weight excluding hydrogens is 312 g/mol. The van der Waals surface area contributed by atoms with E-state index in [1.807, 2.05) is 24.3 Å². The summed E-state index contributed by atoms with van der Waals surface area (Å²) in [6, 6.07) is 11.7. The van der Waals surface area contributed by atoms with Crippen molar-refractivity contribution < 1.29 is 8.78 Å². The first-order valence-electron chi connectivity index (χ1n) is 5.99. The van der Waals surface area contributed by atoms with Gasteiger partial charge in [0.05, 0.1) is 0 Å². The van der Waals surface area contributed by atoms with Crippen LogP contribution in [0.3, 0.4) is 0 Å². The third-order valence-corrected chi connectivity index (χ3v) is 3.45. The standard InChI is InChI=1S/C15H14BrF2N/c16-12-6-4-10(5-7-12)8-13(19)9-11-2-1-3-14(17)15(11)18/h1-7,13H,8-9,19H2. The molecular formula is C15H14BrF2N. The van der Waals surface area contributed by atoms with Gasteiger partial charge in [0.1, 0.15) is 0 Å². The van der Waals surface area contributed by atoms with Gasteiger partial charge < -0.3 is 5.73 Å². The second-order valence-corrected chi connectivity index (χ2v) is 5.42. The molecule has 0 fully saturated rings. The van der Waals surface area contributed by atoms with Gasteiger partial charge in [0.25, 0.3) is 0 Å². The van der Waals surface area contributed by atoms with Crippen LogP contribution in [0.15, 0.2) is 46.9 Å². The Morgan fingerprint density at radius 1 is 1.00 bits per heavy atom. The molecule has 1 unspecified atom stereocenters. The fourth-order valence-electron chi connectivity index (χ4n) is 1.98. The van der Waals surface area contributed by atoms with Gasteiger partial charge in [-0.1, -0.05) is 40.2 Å². The van der Waals surface area contributed by atoms with Crippen molar-refractivity contribution in [3.05, 3.63) is 69.7 Å². The Balaban J connectivity index is 2.03. The highest BCUT2D eigenvalue weighted by atomic mass is 79.9. The maximum absolute atomic E-state index is 13.5. The van der Waals surface area contributed by atoms with Gasteiger partial charge in [-0.15, -0.1) is 0 Å². The van der Waals surface area contributed by atoms with Gasteiger partial charge >= 0.3 is 0 Å². The molecule has 0 aliphatic heterocycles. The Bertz CT molecular complexity index is 555. The second kappa shape index (κ2) is 6.26. The Hall–Kier alpha value is -1.26. The van der Waals surface area contributed by atoms with Gasteiger partial charge in [-0.3, -0.25) is 0 Å². The van der Waals surface area contributed by atoms with E-state index >= 15 is 0 Å². The smallest absolute Gasteiger partial charge is 0.162 e. The lowest BCUT2D eigenvalue weighted by atomic mass is 9.99. The number of benzene rings is 2. The minimum atomic E-state index is -0.826. The molecule has 0 heterocycles.